The number of ether oxygens (including phenoxy) is 2. The second kappa shape index (κ2) is 15.0. The molecule has 2 fully saturated rings. The van der Waals surface area contributed by atoms with Gasteiger partial charge in [0.2, 0.25) is 0 Å². The van der Waals surface area contributed by atoms with Crippen LogP contribution in [-0.2, 0) is 9.47 Å². The van der Waals surface area contributed by atoms with Crippen LogP contribution in [0.15, 0.2) is 37.0 Å². The van der Waals surface area contributed by atoms with Crippen LogP contribution in [0.5, 0.6) is 0 Å². The molecule has 0 radical (unpaired) electrons. The second-order valence-electron chi connectivity index (χ2n) is 8.23. The lowest BCUT2D eigenvalue weighted by Crippen LogP contribution is -2.11. The summed E-state index contributed by atoms with van der Waals surface area (Å²) < 4.78 is 11.8. The van der Waals surface area contributed by atoms with Crippen molar-refractivity contribution in [2.24, 2.45) is 0 Å². The molecule has 0 saturated carbocycles. The van der Waals surface area contributed by atoms with Gasteiger partial charge in [-0.05, 0) is 62.5 Å². The third-order valence-electron chi connectivity index (χ3n) is 5.62. The van der Waals surface area contributed by atoms with E-state index in [4.69, 9.17) is 14.6 Å². The molecule has 0 unspecified atom stereocenters. The van der Waals surface area contributed by atoms with Gasteiger partial charge in [-0.3, -0.25) is 0 Å². The van der Waals surface area contributed by atoms with Gasteiger partial charge < -0.3 is 14.6 Å². The summed E-state index contributed by atoms with van der Waals surface area (Å²) in [7, 11) is 0. The number of allylic oxidation sites excluding steroid dienone is 1. The second-order valence-corrected chi connectivity index (χ2v) is 8.23. The first kappa shape index (κ1) is 25.1. The van der Waals surface area contributed by atoms with E-state index in [1.165, 1.54) is 43.3 Å². The van der Waals surface area contributed by atoms with Crippen molar-refractivity contribution in [1.29, 1.82) is 0 Å². The summed E-state index contributed by atoms with van der Waals surface area (Å²) in [6.07, 6.45) is 16.6. The van der Waals surface area contributed by atoms with E-state index in [-0.39, 0.29) is 12.7 Å². The Kier molecular flexibility index (Phi) is 13.5. The fourth-order valence-corrected chi connectivity index (χ4v) is 3.90. The van der Waals surface area contributed by atoms with Crippen LogP contribution in [0.4, 0.5) is 0 Å². The van der Waals surface area contributed by atoms with Crippen molar-refractivity contribution in [3.05, 3.63) is 37.0 Å². The Balaban J connectivity index is 0.000000280. The summed E-state index contributed by atoms with van der Waals surface area (Å²) in [5, 5.41) is 8.73. The van der Waals surface area contributed by atoms with Gasteiger partial charge in [-0.2, -0.15) is 0 Å². The zero-order chi connectivity index (χ0) is 20.8. The average Bonchev–Trinajstić information content (AvgIpc) is 3.23. The SMILES string of the molecule is C=C1C[C@H](CCCC)O[C@H]1CCCO.C=CCC[C@@H]1O[C@@H](CCCC)CC1=C. The Morgan fingerprint density at radius 3 is 1.79 bits per heavy atom. The van der Waals surface area contributed by atoms with Gasteiger partial charge in [0.25, 0.3) is 0 Å². The normalized spacial score (nSPS) is 27.0. The molecule has 0 bridgehead atoms. The summed E-state index contributed by atoms with van der Waals surface area (Å²) in [5.41, 5.74) is 2.51. The Bertz CT molecular complexity index is 457. The van der Waals surface area contributed by atoms with Crippen molar-refractivity contribution in [2.75, 3.05) is 6.61 Å². The molecule has 0 aromatic carbocycles. The topological polar surface area (TPSA) is 38.7 Å². The maximum absolute atomic E-state index is 8.73. The van der Waals surface area contributed by atoms with E-state index in [0.29, 0.717) is 18.3 Å². The van der Waals surface area contributed by atoms with E-state index < -0.39 is 0 Å². The fourth-order valence-electron chi connectivity index (χ4n) is 3.90. The zero-order valence-electron chi connectivity index (χ0n) is 18.5. The number of unbranched alkanes of at least 4 members (excludes halogenated alkanes) is 2. The van der Waals surface area contributed by atoms with Crippen LogP contribution in [0.25, 0.3) is 0 Å². The Hall–Kier alpha value is -0.900. The highest BCUT2D eigenvalue weighted by atomic mass is 16.5. The van der Waals surface area contributed by atoms with Crippen LogP contribution in [0, 0.1) is 0 Å². The molecule has 0 amide bonds. The average molecular weight is 393 g/mol. The van der Waals surface area contributed by atoms with Gasteiger partial charge in [-0.25, -0.2) is 0 Å². The predicted octanol–water partition coefficient (Wildman–Crippen LogP) is 6.52. The van der Waals surface area contributed by atoms with Gasteiger partial charge in [0.15, 0.2) is 0 Å². The van der Waals surface area contributed by atoms with Crippen molar-refractivity contribution in [3.63, 3.8) is 0 Å². The summed E-state index contributed by atoms with van der Waals surface area (Å²) in [6, 6.07) is 0. The van der Waals surface area contributed by atoms with Crippen LogP contribution >= 0.6 is 0 Å². The highest BCUT2D eigenvalue weighted by Crippen LogP contribution is 2.31. The van der Waals surface area contributed by atoms with Crippen molar-refractivity contribution in [3.8, 4) is 0 Å². The molecule has 0 spiro atoms. The molecule has 4 atom stereocenters. The number of hydrogen-bond donors (Lipinski definition) is 1. The molecule has 2 heterocycles. The summed E-state index contributed by atoms with van der Waals surface area (Å²) in [5.74, 6) is 0. The van der Waals surface area contributed by atoms with E-state index in [0.717, 1.165) is 44.9 Å². The Morgan fingerprint density at radius 2 is 1.36 bits per heavy atom. The predicted molar refractivity (Wildman–Crippen MR) is 120 cm³/mol. The van der Waals surface area contributed by atoms with Crippen LogP contribution < -0.4 is 0 Å². The van der Waals surface area contributed by atoms with E-state index >= 15 is 0 Å². The molecule has 3 heteroatoms. The van der Waals surface area contributed by atoms with Crippen molar-refractivity contribution in [2.45, 2.75) is 115 Å². The molecular weight excluding hydrogens is 348 g/mol. The minimum atomic E-state index is 0.212. The molecule has 2 rings (SSSR count). The highest BCUT2D eigenvalue weighted by Gasteiger charge is 2.28. The maximum Gasteiger partial charge on any atom is 0.0790 e. The molecule has 2 aliphatic heterocycles. The third kappa shape index (κ3) is 9.54. The van der Waals surface area contributed by atoms with Crippen LogP contribution in [0.2, 0.25) is 0 Å². The van der Waals surface area contributed by atoms with Gasteiger partial charge in [0, 0.05) is 6.61 Å². The quantitative estimate of drug-likeness (QED) is 0.384. The molecule has 2 aliphatic rings. The van der Waals surface area contributed by atoms with Gasteiger partial charge in [0.05, 0.1) is 24.4 Å². The van der Waals surface area contributed by atoms with Crippen molar-refractivity contribution in [1.82, 2.24) is 0 Å². The molecule has 0 aliphatic carbocycles. The fraction of sp³-hybridized carbons (Fsp3) is 0.760. The first-order valence-corrected chi connectivity index (χ1v) is 11.4. The lowest BCUT2D eigenvalue weighted by Gasteiger charge is -2.12. The molecule has 0 aromatic rings. The smallest absolute Gasteiger partial charge is 0.0790 e. The molecule has 2 saturated heterocycles. The van der Waals surface area contributed by atoms with Gasteiger partial charge in [-0.15, -0.1) is 6.58 Å². The third-order valence-corrected chi connectivity index (χ3v) is 5.62. The van der Waals surface area contributed by atoms with E-state index in [9.17, 15) is 0 Å². The van der Waals surface area contributed by atoms with Crippen LogP contribution in [0.1, 0.15) is 90.9 Å². The minimum absolute atomic E-state index is 0.212. The van der Waals surface area contributed by atoms with Crippen LogP contribution in [0.3, 0.4) is 0 Å². The zero-order valence-corrected chi connectivity index (χ0v) is 18.5. The van der Waals surface area contributed by atoms with Crippen LogP contribution in [-0.4, -0.2) is 36.1 Å². The highest BCUT2D eigenvalue weighted by molar-refractivity contribution is 5.10. The first-order chi connectivity index (χ1) is 13.5. The molecule has 3 nitrogen and oxygen atoms in total. The number of rotatable bonds is 12. The molecule has 28 heavy (non-hydrogen) atoms. The van der Waals surface area contributed by atoms with Crippen molar-refractivity contribution >= 4 is 0 Å². The molecule has 0 aromatic heterocycles. The van der Waals surface area contributed by atoms with E-state index in [1.54, 1.807) is 0 Å². The summed E-state index contributed by atoms with van der Waals surface area (Å²) >= 11 is 0. The number of hydrogen-bond acceptors (Lipinski definition) is 3. The summed E-state index contributed by atoms with van der Waals surface area (Å²) in [6.45, 7) is 16.5. The van der Waals surface area contributed by atoms with E-state index in [1.807, 2.05) is 6.08 Å². The monoisotopic (exact) mass is 392 g/mol. The molecule has 1 N–H and O–H groups in total. The van der Waals surface area contributed by atoms with E-state index in [2.05, 4.69) is 33.6 Å². The molecular formula is C25H44O3. The lowest BCUT2D eigenvalue weighted by atomic mass is 10.0. The minimum Gasteiger partial charge on any atom is -0.396 e. The van der Waals surface area contributed by atoms with Gasteiger partial charge >= 0.3 is 0 Å². The van der Waals surface area contributed by atoms with Gasteiger partial charge in [0.1, 0.15) is 0 Å². The lowest BCUT2D eigenvalue weighted by molar-refractivity contribution is 0.0388. The number of aliphatic hydroxyl groups excluding tert-OH is 1. The first-order valence-electron chi connectivity index (χ1n) is 11.4. The maximum atomic E-state index is 8.73. The Labute approximate surface area is 173 Å². The van der Waals surface area contributed by atoms with Crippen molar-refractivity contribution < 1.29 is 14.6 Å². The standard InChI is InChI=1S/C13H22O.C12H22O2/c1-4-6-8-12-10-11(3)13(14-12)9-7-5-2;1-3-4-6-11-9-10(2)12(14-11)7-5-8-13/h5,12-13H,2-4,6-10H2,1H3;11-13H,2-9H2,1H3/t12-,13-;11-,12-/m00/s1. The summed E-state index contributed by atoms with van der Waals surface area (Å²) in [4.78, 5) is 0. The van der Waals surface area contributed by atoms with Gasteiger partial charge in [-0.1, -0.05) is 58.8 Å². The number of aliphatic hydroxyl groups is 1. The largest absolute Gasteiger partial charge is 0.396 e. The Morgan fingerprint density at radius 1 is 0.857 bits per heavy atom. The molecule has 162 valence electrons.